The number of hydrogen-bond acceptors (Lipinski definition) is 5. The van der Waals surface area contributed by atoms with E-state index in [-0.39, 0.29) is 0 Å². The fourth-order valence-corrected chi connectivity index (χ4v) is 1.85. The maximum atomic E-state index is 4.58. The lowest BCUT2D eigenvalue weighted by Gasteiger charge is -2.06. The average molecular weight is 252 g/mol. The van der Waals surface area contributed by atoms with Crippen molar-refractivity contribution in [3.63, 3.8) is 0 Å². The highest BCUT2D eigenvalue weighted by molar-refractivity contribution is 5.62. The second-order valence-corrected chi connectivity index (χ2v) is 4.19. The van der Waals surface area contributed by atoms with Crippen molar-refractivity contribution in [2.75, 3.05) is 0 Å². The largest absolute Gasteiger partial charge is 0.241 e. The van der Waals surface area contributed by atoms with Gasteiger partial charge in [0.25, 0.3) is 0 Å². The van der Waals surface area contributed by atoms with Gasteiger partial charge in [-0.05, 0) is 12.5 Å². The molecular weight excluding hydrogens is 240 g/mol. The lowest BCUT2D eigenvalue weighted by molar-refractivity contribution is 0.881. The van der Waals surface area contributed by atoms with Crippen molar-refractivity contribution in [2.45, 2.75) is 13.3 Å². The number of rotatable bonds is 3. The molecule has 0 bridgehead atoms. The van der Waals surface area contributed by atoms with E-state index in [1.807, 2.05) is 43.5 Å². The molecule has 0 aliphatic carbocycles. The Kier molecular flexibility index (Phi) is 2.97. The summed E-state index contributed by atoms with van der Waals surface area (Å²) in [6, 6.07) is 10.0. The van der Waals surface area contributed by atoms with Gasteiger partial charge in [-0.2, -0.15) is 5.21 Å². The number of aromatic amines is 1. The molecule has 19 heavy (non-hydrogen) atoms. The predicted octanol–water partition coefficient (Wildman–Crippen LogP) is 1.56. The first-order chi connectivity index (χ1) is 9.33. The molecule has 94 valence electrons. The normalized spacial score (nSPS) is 10.6. The Morgan fingerprint density at radius 3 is 2.68 bits per heavy atom. The molecule has 0 spiro atoms. The average Bonchev–Trinajstić information content (AvgIpc) is 2.95. The van der Waals surface area contributed by atoms with Crippen molar-refractivity contribution in [3.8, 4) is 11.3 Å². The Bertz CT molecular complexity index is 663. The van der Waals surface area contributed by atoms with Gasteiger partial charge in [0.15, 0.2) is 5.82 Å². The van der Waals surface area contributed by atoms with E-state index in [0.717, 1.165) is 16.8 Å². The van der Waals surface area contributed by atoms with Crippen LogP contribution in [0.3, 0.4) is 0 Å². The number of aryl methyl sites for hydroxylation is 1. The van der Waals surface area contributed by atoms with Crippen LogP contribution in [-0.4, -0.2) is 30.6 Å². The van der Waals surface area contributed by atoms with Crippen LogP contribution in [0.15, 0.2) is 36.5 Å². The predicted molar refractivity (Wildman–Crippen MR) is 69.2 cm³/mol. The number of nitrogens with zero attached hydrogens (tertiary/aromatic N) is 5. The lowest BCUT2D eigenvalue weighted by atomic mass is 10.1. The van der Waals surface area contributed by atoms with Crippen LogP contribution in [0.5, 0.6) is 0 Å². The van der Waals surface area contributed by atoms with Gasteiger partial charge in [0.1, 0.15) is 5.82 Å². The van der Waals surface area contributed by atoms with Gasteiger partial charge in [-0.15, -0.1) is 10.2 Å². The van der Waals surface area contributed by atoms with Gasteiger partial charge < -0.3 is 0 Å². The Balaban J connectivity index is 1.97. The monoisotopic (exact) mass is 252 g/mol. The molecule has 0 amide bonds. The van der Waals surface area contributed by atoms with Crippen molar-refractivity contribution in [1.82, 2.24) is 30.6 Å². The summed E-state index contributed by atoms with van der Waals surface area (Å²) in [5, 5.41) is 13.8. The molecule has 0 atom stereocenters. The number of H-pyrrole nitrogens is 1. The van der Waals surface area contributed by atoms with Crippen molar-refractivity contribution in [3.05, 3.63) is 53.7 Å². The molecule has 0 unspecified atom stereocenters. The third kappa shape index (κ3) is 2.47. The molecule has 6 heteroatoms. The fourth-order valence-electron chi connectivity index (χ4n) is 1.85. The number of tetrazole rings is 1. The van der Waals surface area contributed by atoms with Gasteiger partial charge >= 0.3 is 0 Å². The molecule has 1 aromatic carbocycles. The van der Waals surface area contributed by atoms with Crippen LogP contribution in [0, 0.1) is 6.92 Å². The van der Waals surface area contributed by atoms with Crippen LogP contribution in [-0.2, 0) is 6.42 Å². The molecule has 0 aliphatic rings. The summed E-state index contributed by atoms with van der Waals surface area (Å²) >= 11 is 0. The molecule has 3 aromatic rings. The first-order valence-electron chi connectivity index (χ1n) is 5.93. The minimum absolute atomic E-state index is 0.469. The minimum Gasteiger partial charge on any atom is -0.241 e. The van der Waals surface area contributed by atoms with Crippen LogP contribution < -0.4 is 0 Å². The van der Waals surface area contributed by atoms with Gasteiger partial charge in [-0.1, -0.05) is 35.5 Å². The summed E-state index contributed by atoms with van der Waals surface area (Å²) in [5.41, 5.74) is 3.06. The summed E-state index contributed by atoms with van der Waals surface area (Å²) in [6.45, 7) is 2.00. The highest BCUT2D eigenvalue weighted by Crippen LogP contribution is 2.20. The molecule has 0 saturated carbocycles. The summed E-state index contributed by atoms with van der Waals surface area (Å²) in [5.74, 6) is 1.27. The second-order valence-electron chi connectivity index (χ2n) is 4.19. The Morgan fingerprint density at radius 1 is 1.11 bits per heavy atom. The van der Waals surface area contributed by atoms with Gasteiger partial charge in [0, 0.05) is 11.8 Å². The fraction of sp³-hybridized carbons (Fsp3) is 0.154. The van der Waals surface area contributed by atoms with Crippen molar-refractivity contribution >= 4 is 0 Å². The van der Waals surface area contributed by atoms with Crippen LogP contribution >= 0.6 is 0 Å². The maximum absolute atomic E-state index is 4.58. The van der Waals surface area contributed by atoms with Crippen molar-refractivity contribution in [1.29, 1.82) is 0 Å². The van der Waals surface area contributed by atoms with Gasteiger partial charge in [-0.3, -0.25) is 0 Å². The third-order valence-corrected chi connectivity index (χ3v) is 2.77. The van der Waals surface area contributed by atoms with E-state index in [1.165, 1.54) is 0 Å². The zero-order valence-corrected chi connectivity index (χ0v) is 10.4. The van der Waals surface area contributed by atoms with Gasteiger partial charge in [0.2, 0.25) is 0 Å². The summed E-state index contributed by atoms with van der Waals surface area (Å²) in [6.07, 6.45) is 2.29. The summed E-state index contributed by atoms with van der Waals surface area (Å²) in [7, 11) is 0. The van der Waals surface area contributed by atoms with Crippen LogP contribution in [0.2, 0.25) is 0 Å². The Morgan fingerprint density at radius 2 is 1.95 bits per heavy atom. The quantitative estimate of drug-likeness (QED) is 0.765. The maximum Gasteiger partial charge on any atom is 0.182 e. The smallest absolute Gasteiger partial charge is 0.182 e. The Hall–Kier alpha value is -2.63. The number of aromatic nitrogens is 6. The first kappa shape index (κ1) is 11.5. The van der Waals surface area contributed by atoms with E-state index < -0.39 is 0 Å². The van der Waals surface area contributed by atoms with Gasteiger partial charge in [0.05, 0.1) is 12.1 Å². The van der Waals surface area contributed by atoms with Crippen LogP contribution in [0.1, 0.15) is 17.2 Å². The van der Waals surface area contributed by atoms with Crippen molar-refractivity contribution in [2.24, 2.45) is 0 Å². The molecule has 0 saturated heterocycles. The van der Waals surface area contributed by atoms with Crippen LogP contribution in [0.4, 0.5) is 0 Å². The summed E-state index contributed by atoms with van der Waals surface area (Å²) in [4.78, 5) is 8.89. The molecule has 0 radical (unpaired) electrons. The first-order valence-corrected chi connectivity index (χ1v) is 5.93. The third-order valence-electron chi connectivity index (χ3n) is 2.77. The minimum atomic E-state index is 0.469. The van der Waals surface area contributed by atoms with Crippen molar-refractivity contribution < 1.29 is 0 Å². The van der Waals surface area contributed by atoms with E-state index in [4.69, 9.17) is 0 Å². The van der Waals surface area contributed by atoms with E-state index in [9.17, 15) is 0 Å². The van der Waals surface area contributed by atoms with E-state index in [0.29, 0.717) is 18.1 Å². The van der Waals surface area contributed by atoms with E-state index >= 15 is 0 Å². The number of hydrogen-bond donors (Lipinski definition) is 1. The molecule has 0 aliphatic heterocycles. The molecule has 3 rings (SSSR count). The topological polar surface area (TPSA) is 80.2 Å². The highest BCUT2D eigenvalue weighted by atomic mass is 15.5. The molecule has 6 nitrogen and oxygen atoms in total. The standard InChI is InChI=1S/C13H12N6/c1-9-8-14-11(7-12-16-18-19-17-12)15-13(9)10-5-3-2-4-6-10/h2-6,8H,7H2,1H3,(H,16,17,18,19). The molecule has 0 fully saturated rings. The number of nitrogens with one attached hydrogen (secondary N) is 1. The van der Waals surface area contributed by atoms with E-state index in [1.54, 1.807) is 0 Å². The van der Waals surface area contributed by atoms with E-state index in [2.05, 4.69) is 30.6 Å². The molecule has 2 heterocycles. The molecule has 1 N–H and O–H groups in total. The highest BCUT2D eigenvalue weighted by Gasteiger charge is 2.08. The van der Waals surface area contributed by atoms with Gasteiger partial charge in [-0.25, -0.2) is 9.97 Å². The number of benzene rings is 1. The second kappa shape index (κ2) is 4.93. The zero-order chi connectivity index (χ0) is 13.1. The van der Waals surface area contributed by atoms with Crippen LogP contribution in [0.25, 0.3) is 11.3 Å². The Labute approximate surface area is 109 Å². The molecular formula is C13H12N6. The lowest BCUT2D eigenvalue weighted by Crippen LogP contribution is -2.01. The summed E-state index contributed by atoms with van der Waals surface area (Å²) < 4.78 is 0. The SMILES string of the molecule is Cc1cnc(Cc2nn[nH]n2)nc1-c1ccccc1. The zero-order valence-electron chi connectivity index (χ0n) is 10.4. The molecule has 2 aromatic heterocycles.